The van der Waals surface area contributed by atoms with Gasteiger partial charge in [0.15, 0.2) is 21.3 Å². The SMILES string of the molecule is O=C1C=CC(=O)C(S(=O)(=O)Oc2cccc3cc4ccccc4cc23)=C1S(=O)(=O)Oc1cccc2cc3ccccc3cc12. The Hall–Kier alpha value is -5.32. The molecule has 0 N–H and O–H groups in total. The fourth-order valence-corrected chi connectivity index (χ4v) is 8.17. The topological polar surface area (TPSA) is 121 Å². The van der Waals surface area contributed by atoms with E-state index in [1.54, 1.807) is 36.4 Å². The molecule has 0 aliphatic heterocycles. The van der Waals surface area contributed by atoms with Crippen LogP contribution < -0.4 is 8.37 Å². The summed E-state index contributed by atoms with van der Waals surface area (Å²) >= 11 is 0. The van der Waals surface area contributed by atoms with Crippen molar-refractivity contribution in [3.05, 3.63) is 131 Å². The van der Waals surface area contributed by atoms with Gasteiger partial charge in [0.25, 0.3) is 0 Å². The first-order chi connectivity index (χ1) is 21.1. The summed E-state index contributed by atoms with van der Waals surface area (Å²) in [5, 5.41) is 5.54. The van der Waals surface area contributed by atoms with Crippen molar-refractivity contribution in [1.29, 1.82) is 0 Å². The third-order valence-corrected chi connectivity index (χ3v) is 10.1. The van der Waals surface area contributed by atoms with Gasteiger partial charge >= 0.3 is 20.2 Å². The Morgan fingerprint density at radius 2 is 0.750 bits per heavy atom. The maximum absolute atomic E-state index is 13.7. The van der Waals surface area contributed by atoms with Crippen molar-refractivity contribution in [2.24, 2.45) is 0 Å². The van der Waals surface area contributed by atoms with Crippen LogP contribution in [0.3, 0.4) is 0 Å². The monoisotopic (exact) mass is 620 g/mol. The van der Waals surface area contributed by atoms with Crippen LogP contribution in [0.5, 0.6) is 11.5 Å². The summed E-state index contributed by atoms with van der Waals surface area (Å²) in [5.74, 6) is -2.76. The lowest BCUT2D eigenvalue weighted by Crippen LogP contribution is -2.30. The van der Waals surface area contributed by atoms with Gasteiger partial charge in [-0.2, -0.15) is 16.8 Å². The number of rotatable bonds is 6. The molecule has 0 heterocycles. The highest BCUT2D eigenvalue weighted by molar-refractivity contribution is 7.96. The molecule has 0 saturated heterocycles. The Bertz CT molecular complexity index is 2340. The second kappa shape index (κ2) is 10.1. The number of hydrogen-bond acceptors (Lipinski definition) is 8. The highest BCUT2D eigenvalue weighted by Gasteiger charge is 2.42. The van der Waals surface area contributed by atoms with E-state index in [0.717, 1.165) is 21.5 Å². The van der Waals surface area contributed by atoms with E-state index in [1.807, 2.05) is 60.7 Å². The van der Waals surface area contributed by atoms with Crippen LogP contribution in [0.1, 0.15) is 0 Å². The zero-order chi connectivity index (χ0) is 30.6. The Morgan fingerprint density at radius 3 is 1.14 bits per heavy atom. The van der Waals surface area contributed by atoms with Gasteiger partial charge in [0.2, 0.25) is 11.6 Å². The molecule has 7 rings (SSSR count). The van der Waals surface area contributed by atoms with Gasteiger partial charge in [-0.1, -0.05) is 72.8 Å². The largest absolute Gasteiger partial charge is 0.378 e. The molecule has 0 amide bonds. The normalized spacial score (nSPS) is 14.2. The molecule has 1 aliphatic carbocycles. The smallest absolute Gasteiger partial charge is 0.344 e. The average molecular weight is 621 g/mol. The van der Waals surface area contributed by atoms with E-state index in [2.05, 4.69) is 0 Å². The zero-order valence-electron chi connectivity index (χ0n) is 22.6. The number of benzene rings is 6. The summed E-state index contributed by atoms with van der Waals surface area (Å²) in [7, 11) is -10.3. The molecular weight excluding hydrogens is 601 g/mol. The first kappa shape index (κ1) is 27.5. The van der Waals surface area contributed by atoms with Crippen molar-refractivity contribution < 1.29 is 34.8 Å². The predicted molar refractivity (Wildman–Crippen MR) is 168 cm³/mol. The second-order valence-electron chi connectivity index (χ2n) is 10.1. The molecule has 6 aromatic carbocycles. The Labute approximate surface area is 251 Å². The van der Waals surface area contributed by atoms with Gasteiger partial charge in [0.05, 0.1) is 0 Å². The van der Waals surface area contributed by atoms with E-state index < -0.39 is 41.6 Å². The molecule has 0 fully saturated rings. The lowest BCUT2D eigenvalue weighted by Gasteiger charge is -2.17. The van der Waals surface area contributed by atoms with E-state index in [-0.39, 0.29) is 11.5 Å². The van der Waals surface area contributed by atoms with Crippen LogP contribution in [0, 0.1) is 0 Å². The number of hydrogen-bond donors (Lipinski definition) is 0. The van der Waals surface area contributed by atoms with Crippen molar-refractivity contribution in [3.63, 3.8) is 0 Å². The van der Waals surface area contributed by atoms with Crippen LogP contribution in [0.2, 0.25) is 0 Å². The Balaban J connectivity index is 1.34. The minimum Gasteiger partial charge on any atom is -0.378 e. The third-order valence-electron chi connectivity index (χ3n) is 7.35. The summed E-state index contributed by atoms with van der Waals surface area (Å²) < 4.78 is 65.5. The standard InChI is InChI=1S/C34H20O8S2/c35-29-15-16-30(36)34(44(39,40)42-32-14-6-12-26-18-22-8-2-4-10-24(22)20-28(26)32)33(29)43(37,38)41-31-13-5-11-25-17-21-7-1-3-9-23(21)19-27(25)31/h1-20H. The summed E-state index contributed by atoms with van der Waals surface area (Å²) in [4.78, 5) is 23.4. The molecule has 0 radical (unpaired) electrons. The Morgan fingerprint density at radius 1 is 0.409 bits per heavy atom. The van der Waals surface area contributed by atoms with Crippen LogP contribution >= 0.6 is 0 Å². The predicted octanol–water partition coefficient (Wildman–Crippen LogP) is 6.34. The van der Waals surface area contributed by atoms with Crippen molar-refractivity contribution >= 4 is 74.9 Å². The number of ketones is 2. The fraction of sp³-hybridized carbons (Fsp3) is 0. The zero-order valence-corrected chi connectivity index (χ0v) is 24.3. The molecule has 1 aliphatic rings. The fourth-order valence-electron chi connectivity index (χ4n) is 5.34. The van der Waals surface area contributed by atoms with Crippen molar-refractivity contribution in [3.8, 4) is 11.5 Å². The van der Waals surface area contributed by atoms with Crippen molar-refractivity contribution in [2.75, 3.05) is 0 Å². The van der Waals surface area contributed by atoms with E-state index in [0.29, 0.717) is 33.7 Å². The van der Waals surface area contributed by atoms with Crippen LogP contribution in [-0.2, 0) is 29.8 Å². The average Bonchev–Trinajstić information content (AvgIpc) is 3.00. The molecule has 0 saturated carbocycles. The number of allylic oxidation sites excluding steroid dienone is 4. The van der Waals surface area contributed by atoms with Gasteiger partial charge in [-0.3, -0.25) is 9.59 Å². The number of carbonyl (C=O) groups is 2. The minimum atomic E-state index is -5.16. The molecule has 6 aromatic rings. The first-order valence-electron chi connectivity index (χ1n) is 13.3. The second-order valence-corrected chi connectivity index (χ2v) is 13.1. The molecule has 0 aromatic heterocycles. The first-order valence-corrected chi connectivity index (χ1v) is 16.2. The molecule has 10 heteroatoms. The van der Waals surface area contributed by atoms with Crippen LogP contribution in [0.4, 0.5) is 0 Å². The van der Waals surface area contributed by atoms with Crippen LogP contribution in [-0.4, -0.2) is 28.4 Å². The summed E-state index contributed by atoms with van der Waals surface area (Å²) in [6.07, 6.45) is 1.39. The summed E-state index contributed by atoms with van der Waals surface area (Å²) in [5.41, 5.74) is 0. The van der Waals surface area contributed by atoms with Gasteiger partial charge < -0.3 is 8.37 Å². The molecule has 8 nitrogen and oxygen atoms in total. The summed E-state index contributed by atoms with van der Waals surface area (Å²) in [6.45, 7) is 0. The third kappa shape index (κ3) is 4.70. The molecule has 0 bridgehead atoms. The van der Waals surface area contributed by atoms with Crippen LogP contribution in [0.15, 0.2) is 131 Å². The summed E-state index contributed by atoms with van der Waals surface area (Å²) in [6, 6.07) is 31.4. The van der Waals surface area contributed by atoms with Gasteiger partial charge in [-0.25, -0.2) is 0 Å². The van der Waals surface area contributed by atoms with Gasteiger partial charge in [-0.15, -0.1) is 0 Å². The molecule has 216 valence electrons. The molecule has 0 atom stereocenters. The quantitative estimate of drug-likeness (QED) is 0.120. The lowest BCUT2D eigenvalue weighted by molar-refractivity contribution is -0.114. The van der Waals surface area contributed by atoms with E-state index in [1.165, 1.54) is 12.1 Å². The lowest BCUT2D eigenvalue weighted by atomic mass is 10.0. The Kier molecular flexibility index (Phi) is 6.34. The number of carbonyl (C=O) groups excluding carboxylic acids is 2. The van der Waals surface area contributed by atoms with Crippen molar-refractivity contribution in [1.82, 2.24) is 0 Å². The maximum Gasteiger partial charge on any atom is 0.344 e. The van der Waals surface area contributed by atoms with E-state index in [4.69, 9.17) is 8.37 Å². The van der Waals surface area contributed by atoms with Gasteiger partial charge in [0.1, 0.15) is 0 Å². The molecular formula is C34H20O8S2. The number of fused-ring (bicyclic) bond motifs is 4. The molecule has 0 spiro atoms. The van der Waals surface area contributed by atoms with E-state index >= 15 is 0 Å². The molecule has 44 heavy (non-hydrogen) atoms. The highest BCUT2D eigenvalue weighted by Crippen LogP contribution is 2.36. The highest BCUT2D eigenvalue weighted by atomic mass is 32.2. The minimum absolute atomic E-state index is 0.144. The maximum atomic E-state index is 13.7. The van der Waals surface area contributed by atoms with Crippen LogP contribution in [0.25, 0.3) is 43.1 Å². The van der Waals surface area contributed by atoms with Gasteiger partial charge in [-0.05, 0) is 80.9 Å². The van der Waals surface area contributed by atoms with Gasteiger partial charge in [0, 0.05) is 10.8 Å². The van der Waals surface area contributed by atoms with E-state index in [9.17, 15) is 26.4 Å². The van der Waals surface area contributed by atoms with Crippen molar-refractivity contribution in [2.45, 2.75) is 0 Å². The molecule has 0 unspecified atom stereocenters.